The molecular weight excluding hydrogens is 353 g/mol. The maximum Gasteiger partial charge on any atom is 0.408 e. The van der Waals surface area contributed by atoms with Crippen LogP contribution in [0.5, 0.6) is 0 Å². The maximum absolute atomic E-state index is 13.3. The van der Waals surface area contributed by atoms with Crippen LogP contribution in [0.4, 0.5) is 9.18 Å². The number of nitrogens with one attached hydrogen (secondary N) is 1. The van der Waals surface area contributed by atoms with Crippen LogP contribution in [0.2, 0.25) is 0 Å². The van der Waals surface area contributed by atoms with E-state index in [1.54, 1.807) is 33.8 Å². The molecule has 0 saturated carbocycles. The zero-order chi connectivity index (χ0) is 20.4. The first-order chi connectivity index (χ1) is 12.7. The number of allylic oxidation sites excluding steroid dienone is 1. The Balaban J connectivity index is 2.97. The molecule has 1 aromatic rings. The number of carbonyl (C=O) groups is 2. The molecule has 1 aromatic carbocycles. The zero-order valence-electron chi connectivity index (χ0n) is 16.2. The normalized spacial score (nSPS) is 13.9. The van der Waals surface area contributed by atoms with Crippen LogP contribution in [-0.4, -0.2) is 36.0 Å². The number of hydrogen-bond acceptors (Lipinski definition) is 5. The maximum atomic E-state index is 13.3. The van der Waals surface area contributed by atoms with E-state index in [1.165, 1.54) is 30.3 Å². The van der Waals surface area contributed by atoms with Crippen LogP contribution in [0.3, 0.4) is 0 Å². The van der Waals surface area contributed by atoms with Gasteiger partial charge in [0.15, 0.2) is 0 Å². The van der Waals surface area contributed by atoms with Gasteiger partial charge in [0, 0.05) is 18.6 Å². The van der Waals surface area contributed by atoms with Crippen molar-refractivity contribution >= 4 is 12.1 Å². The highest BCUT2D eigenvalue weighted by atomic mass is 19.1. The fraction of sp³-hybridized carbons (Fsp3) is 0.500. The molecule has 6 nitrogen and oxygen atoms in total. The van der Waals surface area contributed by atoms with E-state index in [0.717, 1.165) is 0 Å². The summed E-state index contributed by atoms with van der Waals surface area (Å²) in [6.45, 7) is 6.94. The van der Waals surface area contributed by atoms with Gasteiger partial charge in [0.25, 0.3) is 0 Å². The molecule has 0 unspecified atom stereocenters. The number of amides is 1. The lowest BCUT2D eigenvalue weighted by Gasteiger charge is -2.28. The smallest absolute Gasteiger partial charge is 0.408 e. The van der Waals surface area contributed by atoms with Gasteiger partial charge in [-0.2, -0.15) is 0 Å². The molecule has 0 aromatic heterocycles. The monoisotopic (exact) mass is 381 g/mol. The predicted molar refractivity (Wildman–Crippen MR) is 99.5 cm³/mol. The van der Waals surface area contributed by atoms with Gasteiger partial charge in [-0.3, -0.25) is 0 Å². The number of alkyl carbamates (subject to hydrolysis) is 1. The highest BCUT2D eigenvalue weighted by molar-refractivity contribution is 5.81. The fourth-order valence-corrected chi connectivity index (χ4v) is 2.42. The van der Waals surface area contributed by atoms with Crippen LogP contribution < -0.4 is 5.32 Å². The minimum Gasteiger partial charge on any atom is -0.463 e. The Hall–Kier alpha value is -2.41. The first kappa shape index (κ1) is 22.6. The van der Waals surface area contributed by atoms with Crippen LogP contribution in [0.25, 0.3) is 0 Å². The van der Waals surface area contributed by atoms with Gasteiger partial charge < -0.3 is 19.9 Å². The minimum absolute atomic E-state index is 0.259. The summed E-state index contributed by atoms with van der Waals surface area (Å²) in [7, 11) is 0. The van der Waals surface area contributed by atoms with E-state index in [1.807, 2.05) is 0 Å². The molecule has 0 aliphatic carbocycles. The van der Waals surface area contributed by atoms with E-state index in [2.05, 4.69) is 5.32 Å². The molecule has 2 atom stereocenters. The summed E-state index contributed by atoms with van der Waals surface area (Å²) < 4.78 is 23.4. The number of esters is 1. The standard InChI is InChI=1S/C20H28FNO5/c1-5-26-17(24)8-6-7-15(13-23)18(14-9-11-16(21)12-10-14)22-19(25)27-20(2,3)4/h6,8-12,15,18,23H,5,7,13H2,1-4H3,(H,22,25)/b8-6+/t15-,18-/m1/s1. The Morgan fingerprint density at radius 1 is 1.26 bits per heavy atom. The van der Waals surface area contributed by atoms with Gasteiger partial charge in [-0.25, -0.2) is 14.0 Å². The summed E-state index contributed by atoms with van der Waals surface area (Å²) >= 11 is 0. The molecule has 0 radical (unpaired) electrons. The molecule has 1 rings (SSSR count). The Morgan fingerprint density at radius 3 is 2.41 bits per heavy atom. The number of hydrogen-bond donors (Lipinski definition) is 2. The minimum atomic E-state index is -0.685. The summed E-state index contributed by atoms with van der Waals surface area (Å²) in [6.07, 6.45) is 2.50. The summed E-state index contributed by atoms with van der Waals surface area (Å²) in [5, 5.41) is 12.5. The van der Waals surface area contributed by atoms with Gasteiger partial charge >= 0.3 is 12.1 Å². The molecule has 0 saturated heterocycles. The molecule has 27 heavy (non-hydrogen) atoms. The molecule has 0 bridgehead atoms. The average molecular weight is 381 g/mol. The van der Waals surface area contributed by atoms with Crippen LogP contribution in [0, 0.1) is 11.7 Å². The summed E-state index contributed by atoms with van der Waals surface area (Å²) in [5.41, 5.74) is -0.0680. The molecule has 7 heteroatoms. The van der Waals surface area contributed by atoms with E-state index < -0.39 is 35.4 Å². The zero-order valence-corrected chi connectivity index (χ0v) is 16.2. The lowest BCUT2D eigenvalue weighted by molar-refractivity contribution is -0.137. The summed E-state index contributed by atoms with van der Waals surface area (Å²) in [5.74, 6) is -1.33. The molecular formula is C20H28FNO5. The second-order valence-electron chi connectivity index (χ2n) is 7.01. The molecule has 0 heterocycles. The lowest BCUT2D eigenvalue weighted by atomic mass is 9.90. The van der Waals surface area contributed by atoms with Crippen molar-refractivity contribution in [2.45, 2.75) is 45.8 Å². The molecule has 0 aliphatic heterocycles. The first-order valence-corrected chi connectivity index (χ1v) is 8.85. The molecule has 0 fully saturated rings. The van der Waals surface area contributed by atoms with Crippen molar-refractivity contribution in [3.8, 4) is 0 Å². The van der Waals surface area contributed by atoms with Crippen LogP contribution in [-0.2, 0) is 14.3 Å². The third-order valence-electron chi connectivity index (χ3n) is 3.59. The van der Waals surface area contributed by atoms with Gasteiger partial charge in [-0.15, -0.1) is 0 Å². The number of ether oxygens (including phenoxy) is 2. The second-order valence-corrected chi connectivity index (χ2v) is 7.01. The molecule has 150 valence electrons. The Labute approximate surface area is 159 Å². The van der Waals surface area contributed by atoms with Gasteiger partial charge in [-0.1, -0.05) is 18.2 Å². The highest BCUT2D eigenvalue weighted by Crippen LogP contribution is 2.26. The summed E-state index contributed by atoms with van der Waals surface area (Å²) in [4.78, 5) is 23.6. The van der Waals surface area contributed by atoms with E-state index in [9.17, 15) is 19.1 Å². The summed E-state index contributed by atoms with van der Waals surface area (Å²) in [6, 6.07) is 5.01. The van der Waals surface area contributed by atoms with Crippen molar-refractivity contribution in [2.24, 2.45) is 5.92 Å². The van der Waals surface area contributed by atoms with Crippen molar-refractivity contribution in [3.05, 3.63) is 47.8 Å². The third kappa shape index (κ3) is 8.68. The topological polar surface area (TPSA) is 84.9 Å². The highest BCUT2D eigenvalue weighted by Gasteiger charge is 2.26. The number of rotatable bonds is 8. The van der Waals surface area contributed by atoms with E-state index >= 15 is 0 Å². The molecule has 2 N–H and O–H groups in total. The van der Waals surface area contributed by atoms with E-state index in [0.29, 0.717) is 12.0 Å². The Bertz CT molecular complexity index is 637. The van der Waals surface area contributed by atoms with Crippen molar-refractivity contribution in [2.75, 3.05) is 13.2 Å². The number of carbonyl (C=O) groups excluding carboxylic acids is 2. The van der Waals surface area contributed by atoms with E-state index in [-0.39, 0.29) is 13.2 Å². The Morgan fingerprint density at radius 2 is 1.89 bits per heavy atom. The third-order valence-corrected chi connectivity index (χ3v) is 3.59. The number of halogens is 1. The van der Waals surface area contributed by atoms with E-state index in [4.69, 9.17) is 9.47 Å². The van der Waals surface area contributed by atoms with Crippen LogP contribution in [0.15, 0.2) is 36.4 Å². The van der Waals surface area contributed by atoms with Crippen molar-refractivity contribution in [1.82, 2.24) is 5.32 Å². The SMILES string of the molecule is CCOC(=O)/C=C/C[C@H](CO)[C@H](NC(=O)OC(C)(C)C)c1ccc(F)cc1. The predicted octanol–water partition coefficient (Wildman–Crippen LogP) is 3.51. The Kier molecular flexibility index (Phi) is 8.94. The quantitative estimate of drug-likeness (QED) is 0.532. The fourth-order valence-electron chi connectivity index (χ4n) is 2.42. The van der Waals surface area contributed by atoms with Crippen molar-refractivity contribution in [3.63, 3.8) is 0 Å². The van der Waals surface area contributed by atoms with Crippen LogP contribution in [0.1, 0.15) is 45.7 Å². The molecule has 1 amide bonds. The first-order valence-electron chi connectivity index (χ1n) is 8.85. The number of aliphatic hydroxyl groups is 1. The number of benzene rings is 1. The van der Waals surface area contributed by atoms with Crippen LogP contribution >= 0.6 is 0 Å². The average Bonchev–Trinajstić information content (AvgIpc) is 2.56. The van der Waals surface area contributed by atoms with Crippen molar-refractivity contribution in [1.29, 1.82) is 0 Å². The molecule has 0 spiro atoms. The second kappa shape index (κ2) is 10.7. The van der Waals surface area contributed by atoms with Gasteiger partial charge in [-0.05, 0) is 51.8 Å². The largest absolute Gasteiger partial charge is 0.463 e. The lowest BCUT2D eigenvalue weighted by Crippen LogP contribution is -2.38. The molecule has 0 aliphatic rings. The van der Waals surface area contributed by atoms with Gasteiger partial charge in [0.05, 0.1) is 12.6 Å². The number of aliphatic hydroxyl groups excluding tert-OH is 1. The van der Waals surface area contributed by atoms with Gasteiger partial charge in [0.2, 0.25) is 0 Å². The van der Waals surface area contributed by atoms with Gasteiger partial charge in [0.1, 0.15) is 11.4 Å². The van der Waals surface area contributed by atoms with Crippen molar-refractivity contribution < 1.29 is 28.6 Å².